The molecule has 1 aliphatic carbocycles. The van der Waals surface area contributed by atoms with E-state index in [1.165, 1.54) is 18.2 Å². The molecule has 2 aliphatic rings. The smallest absolute Gasteiger partial charge is 0.240 e. The number of imide groups is 1. The SMILES string of the molecule is Nc1cccc(F)c1N1C(=O)CC2(CCCC2)C1=O. The molecule has 3 rings (SSSR count). The van der Waals surface area contributed by atoms with Gasteiger partial charge in [-0.1, -0.05) is 18.9 Å². The average molecular weight is 262 g/mol. The molecular formula is C14H15FN2O2. The fraction of sp³-hybridized carbons (Fsp3) is 0.429. The van der Waals surface area contributed by atoms with E-state index >= 15 is 0 Å². The number of para-hydroxylation sites is 1. The van der Waals surface area contributed by atoms with Crippen molar-refractivity contribution in [3.63, 3.8) is 0 Å². The van der Waals surface area contributed by atoms with Gasteiger partial charge in [-0.25, -0.2) is 9.29 Å². The molecule has 2 N–H and O–H groups in total. The summed E-state index contributed by atoms with van der Waals surface area (Å²) in [7, 11) is 0. The van der Waals surface area contributed by atoms with E-state index < -0.39 is 11.2 Å². The molecule has 1 aromatic carbocycles. The predicted molar refractivity (Wildman–Crippen MR) is 68.8 cm³/mol. The summed E-state index contributed by atoms with van der Waals surface area (Å²) in [6, 6.07) is 4.18. The Balaban J connectivity index is 2.06. The lowest BCUT2D eigenvalue weighted by Crippen LogP contribution is -2.35. The molecule has 0 atom stereocenters. The van der Waals surface area contributed by atoms with E-state index in [1.54, 1.807) is 0 Å². The first-order valence-corrected chi connectivity index (χ1v) is 6.46. The number of hydrogen-bond donors (Lipinski definition) is 1. The van der Waals surface area contributed by atoms with E-state index in [-0.39, 0.29) is 29.6 Å². The largest absolute Gasteiger partial charge is 0.397 e. The van der Waals surface area contributed by atoms with Gasteiger partial charge in [0.1, 0.15) is 11.5 Å². The minimum Gasteiger partial charge on any atom is -0.397 e. The molecule has 1 aromatic rings. The van der Waals surface area contributed by atoms with Gasteiger partial charge >= 0.3 is 0 Å². The maximum absolute atomic E-state index is 13.9. The Labute approximate surface area is 110 Å². The van der Waals surface area contributed by atoms with E-state index in [0.717, 1.165) is 17.7 Å². The predicted octanol–water partition coefficient (Wildman–Crippen LogP) is 2.23. The van der Waals surface area contributed by atoms with Crippen molar-refractivity contribution in [2.45, 2.75) is 32.1 Å². The number of rotatable bonds is 1. The fourth-order valence-corrected chi connectivity index (χ4v) is 3.23. The van der Waals surface area contributed by atoms with Crippen molar-refractivity contribution < 1.29 is 14.0 Å². The molecular weight excluding hydrogens is 247 g/mol. The third-order valence-corrected chi connectivity index (χ3v) is 4.20. The van der Waals surface area contributed by atoms with Crippen LogP contribution in [0.3, 0.4) is 0 Å². The molecule has 2 amide bonds. The Morgan fingerprint density at radius 1 is 1.21 bits per heavy atom. The van der Waals surface area contributed by atoms with Crippen LogP contribution in [0.25, 0.3) is 0 Å². The van der Waals surface area contributed by atoms with Crippen LogP contribution in [0, 0.1) is 11.2 Å². The van der Waals surface area contributed by atoms with Crippen molar-refractivity contribution in [2.75, 3.05) is 10.6 Å². The lowest BCUT2D eigenvalue weighted by Gasteiger charge is -2.22. The first-order chi connectivity index (χ1) is 9.05. The summed E-state index contributed by atoms with van der Waals surface area (Å²) < 4.78 is 13.9. The second-order valence-corrected chi connectivity index (χ2v) is 5.38. The lowest BCUT2D eigenvalue weighted by atomic mass is 9.84. The van der Waals surface area contributed by atoms with Gasteiger partial charge in [0.2, 0.25) is 11.8 Å². The number of hydrogen-bond acceptors (Lipinski definition) is 3. The molecule has 1 heterocycles. The molecule has 5 heteroatoms. The van der Waals surface area contributed by atoms with Gasteiger partial charge in [0.25, 0.3) is 0 Å². The van der Waals surface area contributed by atoms with Crippen molar-refractivity contribution >= 4 is 23.2 Å². The van der Waals surface area contributed by atoms with Crippen LogP contribution in [0.15, 0.2) is 18.2 Å². The summed E-state index contributed by atoms with van der Waals surface area (Å²) in [5.41, 5.74) is 5.16. The van der Waals surface area contributed by atoms with Crippen LogP contribution in [0.5, 0.6) is 0 Å². The maximum atomic E-state index is 13.9. The Bertz CT molecular complexity index is 544. The third kappa shape index (κ3) is 1.64. The van der Waals surface area contributed by atoms with Crippen molar-refractivity contribution in [3.8, 4) is 0 Å². The number of carbonyl (C=O) groups excluding carboxylic acids is 2. The molecule has 4 nitrogen and oxygen atoms in total. The van der Waals surface area contributed by atoms with E-state index in [2.05, 4.69) is 0 Å². The first-order valence-electron chi connectivity index (χ1n) is 6.46. The molecule has 1 saturated carbocycles. The van der Waals surface area contributed by atoms with Gasteiger partial charge in [-0.15, -0.1) is 0 Å². The molecule has 1 saturated heterocycles. The van der Waals surface area contributed by atoms with Gasteiger partial charge < -0.3 is 5.73 Å². The van der Waals surface area contributed by atoms with Crippen LogP contribution >= 0.6 is 0 Å². The summed E-state index contributed by atoms with van der Waals surface area (Å²) in [6.45, 7) is 0. The van der Waals surface area contributed by atoms with Crippen LogP contribution in [-0.2, 0) is 9.59 Å². The highest BCUT2D eigenvalue weighted by molar-refractivity contribution is 6.23. The van der Waals surface area contributed by atoms with E-state index in [9.17, 15) is 14.0 Å². The summed E-state index contributed by atoms with van der Waals surface area (Å²) in [5, 5.41) is 0. The molecule has 0 unspecified atom stereocenters. The Kier molecular flexibility index (Phi) is 2.59. The highest BCUT2D eigenvalue weighted by atomic mass is 19.1. The van der Waals surface area contributed by atoms with Gasteiger partial charge in [0.15, 0.2) is 0 Å². The van der Waals surface area contributed by atoms with Crippen molar-refractivity contribution in [1.82, 2.24) is 0 Å². The van der Waals surface area contributed by atoms with Crippen LogP contribution in [-0.4, -0.2) is 11.8 Å². The summed E-state index contributed by atoms with van der Waals surface area (Å²) in [5.74, 6) is -1.26. The van der Waals surface area contributed by atoms with Gasteiger partial charge in [-0.2, -0.15) is 0 Å². The van der Waals surface area contributed by atoms with Gasteiger partial charge in [0.05, 0.1) is 11.1 Å². The van der Waals surface area contributed by atoms with Crippen LogP contribution in [0.4, 0.5) is 15.8 Å². The zero-order valence-electron chi connectivity index (χ0n) is 10.5. The number of nitrogen functional groups attached to an aromatic ring is 1. The number of halogens is 1. The quantitative estimate of drug-likeness (QED) is 0.623. The number of benzene rings is 1. The molecule has 19 heavy (non-hydrogen) atoms. The van der Waals surface area contributed by atoms with Crippen molar-refractivity contribution in [2.24, 2.45) is 5.41 Å². The number of anilines is 2. The van der Waals surface area contributed by atoms with Gasteiger partial charge in [-0.05, 0) is 25.0 Å². The monoisotopic (exact) mass is 262 g/mol. The molecule has 1 aliphatic heterocycles. The summed E-state index contributed by atoms with van der Waals surface area (Å²) in [4.78, 5) is 25.6. The lowest BCUT2D eigenvalue weighted by molar-refractivity contribution is -0.125. The number of carbonyl (C=O) groups is 2. The molecule has 0 bridgehead atoms. The Morgan fingerprint density at radius 3 is 2.53 bits per heavy atom. The second kappa shape index (κ2) is 4.05. The number of amides is 2. The fourth-order valence-electron chi connectivity index (χ4n) is 3.23. The number of nitrogens with zero attached hydrogens (tertiary/aromatic N) is 1. The number of nitrogens with two attached hydrogens (primary N) is 1. The summed E-state index contributed by atoms with van der Waals surface area (Å²) in [6.07, 6.45) is 3.49. The average Bonchev–Trinajstić information content (AvgIpc) is 2.90. The minimum atomic E-state index is -0.628. The van der Waals surface area contributed by atoms with Crippen LogP contribution in [0.2, 0.25) is 0 Å². The second-order valence-electron chi connectivity index (χ2n) is 5.38. The zero-order chi connectivity index (χ0) is 13.6. The topological polar surface area (TPSA) is 63.4 Å². The highest BCUT2D eigenvalue weighted by Crippen LogP contribution is 2.48. The Hall–Kier alpha value is -1.91. The van der Waals surface area contributed by atoms with E-state index in [4.69, 9.17) is 5.73 Å². The van der Waals surface area contributed by atoms with Crippen molar-refractivity contribution in [3.05, 3.63) is 24.0 Å². The Morgan fingerprint density at radius 2 is 1.89 bits per heavy atom. The third-order valence-electron chi connectivity index (χ3n) is 4.20. The standard InChI is InChI=1S/C14H15FN2O2/c15-9-4-3-5-10(16)12(9)17-11(18)8-14(13(17)19)6-1-2-7-14/h3-5H,1-2,6-8,16H2. The molecule has 0 radical (unpaired) electrons. The van der Waals surface area contributed by atoms with Crippen molar-refractivity contribution in [1.29, 1.82) is 0 Å². The highest BCUT2D eigenvalue weighted by Gasteiger charge is 2.53. The minimum absolute atomic E-state index is 0.0822. The zero-order valence-corrected chi connectivity index (χ0v) is 10.5. The summed E-state index contributed by atoms with van der Waals surface area (Å²) >= 11 is 0. The maximum Gasteiger partial charge on any atom is 0.240 e. The molecule has 0 aromatic heterocycles. The van der Waals surface area contributed by atoms with E-state index in [0.29, 0.717) is 12.8 Å². The van der Waals surface area contributed by atoms with Crippen LogP contribution in [0.1, 0.15) is 32.1 Å². The van der Waals surface area contributed by atoms with Gasteiger partial charge in [-0.3, -0.25) is 9.59 Å². The van der Waals surface area contributed by atoms with E-state index in [1.807, 2.05) is 0 Å². The first kappa shape index (κ1) is 12.1. The van der Waals surface area contributed by atoms with Gasteiger partial charge in [0, 0.05) is 6.42 Å². The molecule has 2 fully saturated rings. The molecule has 1 spiro atoms. The normalized spacial score (nSPS) is 21.6. The van der Waals surface area contributed by atoms with Crippen LogP contribution < -0.4 is 10.6 Å². The molecule has 100 valence electrons.